The lowest BCUT2D eigenvalue weighted by molar-refractivity contribution is 0.0928. The number of benzene rings is 1. The number of hydrogen-bond donors (Lipinski definition) is 1. The van der Waals surface area contributed by atoms with Gasteiger partial charge in [0.05, 0.1) is 10.3 Å². The van der Waals surface area contributed by atoms with Crippen LogP contribution in [0.2, 0.25) is 0 Å². The molecule has 0 saturated heterocycles. The van der Waals surface area contributed by atoms with E-state index in [1.807, 2.05) is 0 Å². The van der Waals surface area contributed by atoms with E-state index in [9.17, 15) is 13.2 Å². The fraction of sp³-hybridized carbons (Fsp3) is 0.500. The second-order valence-corrected chi connectivity index (χ2v) is 7.75. The maximum atomic E-state index is 12.1. The molecule has 0 spiro atoms. The fourth-order valence-electron chi connectivity index (χ4n) is 2.35. The summed E-state index contributed by atoms with van der Waals surface area (Å²) in [6.07, 6.45) is 5.12. The third-order valence-corrected chi connectivity index (χ3v) is 5.19. The van der Waals surface area contributed by atoms with Crippen molar-refractivity contribution in [2.45, 2.75) is 42.0 Å². The minimum Gasteiger partial charge on any atom is -0.348 e. The predicted octanol–water partition coefficient (Wildman–Crippen LogP) is 2.37. The van der Waals surface area contributed by atoms with E-state index in [0.29, 0.717) is 5.56 Å². The Morgan fingerprint density at radius 1 is 1.20 bits per heavy atom. The van der Waals surface area contributed by atoms with E-state index in [0.717, 1.165) is 31.9 Å². The SMILES string of the molecule is CS(=O)(=O)c1ccc(C(=O)NC2CCCCC2Cl)cc1. The van der Waals surface area contributed by atoms with E-state index in [-0.39, 0.29) is 22.2 Å². The topological polar surface area (TPSA) is 63.2 Å². The van der Waals surface area contributed by atoms with Gasteiger partial charge in [0.1, 0.15) is 0 Å². The van der Waals surface area contributed by atoms with Gasteiger partial charge in [-0.2, -0.15) is 0 Å². The van der Waals surface area contributed by atoms with Crippen LogP contribution in [0.25, 0.3) is 0 Å². The summed E-state index contributed by atoms with van der Waals surface area (Å²) in [5, 5.41) is 2.90. The number of alkyl halides is 1. The Morgan fingerprint density at radius 3 is 2.35 bits per heavy atom. The van der Waals surface area contributed by atoms with Crippen LogP contribution in [0.5, 0.6) is 0 Å². The maximum absolute atomic E-state index is 12.1. The van der Waals surface area contributed by atoms with E-state index in [1.165, 1.54) is 24.3 Å². The van der Waals surface area contributed by atoms with Crippen LogP contribution in [0.4, 0.5) is 0 Å². The van der Waals surface area contributed by atoms with Crippen LogP contribution in [0, 0.1) is 0 Å². The molecule has 0 aromatic heterocycles. The van der Waals surface area contributed by atoms with Gasteiger partial charge in [-0.3, -0.25) is 4.79 Å². The molecule has 0 aliphatic heterocycles. The minimum absolute atomic E-state index is 0.00694. The van der Waals surface area contributed by atoms with Crippen molar-refractivity contribution < 1.29 is 13.2 Å². The summed E-state index contributed by atoms with van der Waals surface area (Å²) in [5.41, 5.74) is 0.451. The Hall–Kier alpha value is -1.07. The van der Waals surface area contributed by atoms with Gasteiger partial charge in [0, 0.05) is 17.9 Å². The van der Waals surface area contributed by atoms with Crippen molar-refractivity contribution >= 4 is 27.3 Å². The lowest BCUT2D eigenvalue weighted by Gasteiger charge is -2.27. The summed E-state index contributed by atoms with van der Waals surface area (Å²) in [5.74, 6) is -0.206. The van der Waals surface area contributed by atoms with Crippen LogP contribution in [-0.4, -0.2) is 32.0 Å². The number of halogens is 1. The molecule has 20 heavy (non-hydrogen) atoms. The maximum Gasteiger partial charge on any atom is 0.251 e. The quantitative estimate of drug-likeness (QED) is 0.871. The van der Waals surface area contributed by atoms with Crippen molar-refractivity contribution in [3.8, 4) is 0 Å². The Kier molecular flexibility index (Phi) is 4.70. The largest absolute Gasteiger partial charge is 0.348 e. The predicted molar refractivity (Wildman–Crippen MR) is 78.9 cm³/mol. The second-order valence-electron chi connectivity index (χ2n) is 5.18. The molecule has 1 fully saturated rings. The van der Waals surface area contributed by atoms with E-state index in [2.05, 4.69) is 5.32 Å². The third-order valence-electron chi connectivity index (χ3n) is 3.54. The van der Waals surface area contributed by atoms with Crippen LogP contribution >= 0.6 is 11.6 Å². The molecule has 1 saturated carbocycles. The third kappa shape index (κ3) is 3.73. The van der Waals surface area contributed by atoms with E-state index < -0.39 is 9.84 Å². The summed E-state index contributed by atoms with van der Waals surface area (Å²) in [6.45, 7) is 0. The zero-order valence-electron chi connectivity index (χ0n) is 11.3. The number of amides is 1. The number of carbonyl (C=O) groups is 1. The van der Waals surface area contributed by atoms with Crippen molar-refractivity contribution in [3.05, 3.63) is 29.8 Å². The standard InChI is InChI=1S/C14H18ClNO3S/c1-20(18,19)11-8-6-10(7-9-11)14(17)16-13-5-3-2-4-12(13)15/h6-9,12-13H,2-5H2,1H3,(H,16,17). The minimum atomic E-state index is -3.23. The van der Waals surface area contributed by atoms with Crippen LogP contribution < -0.4 is 5.32 Å². The van der Waals surface area contributed by atoms with Crippen molar-refractivity contribution in [2.75, 3.05) is 6.26 Å². The van der Waals surface area contributed by atoms with Gasteiger partial charge in [0.25, 0.3) is 5.91 Å². The summed E-state index contributed by atoms with van der Waals surface area (Å²) < 4.78 is 22.7. The number of hydrogen-bond acceptors (Lipinski definition) is 3. The highest BCUT2D eigenvalue weighted by Gasteiger charge is 2.24. The molecular formula is C14H18ClNO3S. The summed E-state index contributed by atoms with van der Waals surface area (Å²) >= 11 is 6.21. The average molecular weight is 316 g/mol. The number of nitrogens with one attached hydrogen (secondary N) is 1. The molecule has 1 aliphatic carbocycles. The molecule has 1 aromatic rings. The Balaban J connectivity index is 2.06. The first-order chi connectivity index (χ1) is 9.38. The number of carbonyl (C=O) groups excluding carboxylic acids is 1. The zero-order valence-corrected chi connectivity index (χ0v) is 12.9. The lowest BCUT2D eigenvalue weighted by Crippen LogP contribution is -2.42. The van der Waals surface area contributed by atoms with Crippen LogP contribution in [0.15, 0.2) is 29.2 Å². The molecule has 0 bridgehead atoms. The highest BCUT2D eigenvalue weighted by Crippen LogP contribution is 2.23. The van der Waals surface area contributed by atoms with Crippen molar-refractivity contribution in [1.29, 1.82) is 0 Å². The zero-order chi connectivity index (χ0) is 14.8. The van der Waals surface area contributed by atoms with Crippen LogP contribution in [-0.2, 0) is 9.84 Å². The van der Waals surface area contributed by atoms with Gasteiger partial charge in [-0.15, -0.1) is 11.6 Å². The molecule has 6 heteroatoms. The molecular weight excluding hydrogens is 298 g/mol. The van der Waals surface area contributed by atoms with E-state index in [1.54, 1.807) is 0 Å². The molecule has 0 radical (unpaired) electrons. The highest BCUT2D eigenvalue weighted by atomic mass is 35.5. The second kappa shape index (κ2) is 6.14. The molecule has 1 amide bonds. The monoisotopic (exact) mass is 315 g/mol. The summed E-state index contributed by atoms with van der Waals surface area (Å²) in [7, 11) is -3.23. The van der Waals surface area contributed by atoms with Gasteiger partial charge in [-0.05, 0) is 37.1 Å². The molecule has 0 heterocycles. The van der Waals surface area contributed by atoms with Crippen LogP contribution in [0.3, 0.4) is 0 Å². The van der Waals surface area contributed by atoms with Crippen molar-refractivity contribution in [2.24, 2.45) is 0 Å². The Bertz CT molecular complexity index is 583. The van der Waals surface area contributed by atoms with Crippen LogP contribution in [0.1, 0.15) is 36.0 Å². The lowest BCUT2D eigenvalue weighted by atomic mass is 9.94. The molecule has 1 aromatic carbocycles. The first-order valence-electron chi connectivity index (χ1n) is 6.63. The molecule has 2 rings (SSSR count). The highest BCUT2D eigenvalue weighted by molar-refractivity contribution is 7.90. The summed E-state index contributed by atoms with van der Waals surface area (Å²) in [6, 6.07) is 5.94. The normalized spacial score (nSPS) is 23.3. The van der Waals surface area contributed by atoms with E-state index >= 15 is 0 Å². The smallest absolute Gasteiger partial charge is 0.251 e. The number of rotatable bonds is 3. The first-order valence-corrected chi connectivity index (χ1v) is 8.96. The van der Waals surface area contributed by atoms with Gasteiger partial charge in [-0.25, -0.2) is 8.42 Å². The molecule has 4 nitrogen and oxygen atoms in total. The molecule has 2 unspecified atom stereocenters. The molecule has 110 valence electrons. The number of sulfone groups is 1. The van der Waals surface area contributed by atoms with Gasteiger partial charge < -0.3 is 5.32 Å². The molecule has 1 N–H and O–H groups in total. The van der Waals surface area contributed by atoms with Gasteiger partial charge >= 0.3 is 0 Å². The van der Waals surface area contributed by atoms with Gasteiger partial charge in [0.15, 0.2) is 9.84 Å². The first kappa shape index (κ1) is 15.3. The Morgan fingerprint density at radius 2 is 1.80 bits per heavy atom. The Labute approximate surface area is 124 Å². The average Bonchev–Trinajstić information content (AvgIpc) is 2.40. The van der Waals surface area contributed by atoms with Crippen molar-refractivity contribution in [1.82, 2.24) is 5.32 Å². The fourth-order valence-corrected chi connectivity index (χ4v) is 3.33. The van der Waals surface area contributed by atoms with Gasteiger partial charge in [-0.1, -0.05) is 12.8 Å². The van der Waals surface area contributed by atoms with E-state index in [4.69, 9.17) is 11.6 Å². The molecule has 1 aliphatic rings. The summed E-state index contributed by atoms with van der Waals surface area (Å²) in [4.78, 5) is 12.3. The molecule has 2 atom stereocenters. The van der Waals surface area contributed by atoms with Gasteiger partial charge in [0.2, 0.25) is 0 Å². The van der Waals surface area contributed by atoms with Crippen molar-refractivity contribution in [3.63, 3.8) is 0 Å².